The zero-order valence-electron chi connectivity index (χ0n) is 18.0. The number of thioether (sulfide) groups is 1. The van der Waals surface area contributed by atoms with Crippen molar-refractivity contribution in [2.45, 2.75) is 42.2 Å². The maximum atomic E-state index is 13.0. The number of morpholine rings is 1. The lowest BCUT2D eigenvalue weighted by molar-refractivity contribution is -0.120. The maximum absolute atomic E-state index is 13.0. The number of carbonyl (C=O) groups excluding carboxylic acids is 1. The number of aryl methyl sites for hydroxylation is 1. The van der Waals surface area contributed by atoms with Crippen molar-refractivity contribution in [1.82, 2.24) is 19.2 Å². The van der Waals surface area contributed by atoms with Gasteiger partial charge in [-0.3, -0.25) is 4.79 Å². The van der Waals surface area contributed by atoms with Crippen molar-refractivity contribution in [2.24, 2.45) is 0 Å². The van der Waals surface area contributed by atoms with E-state index in [0.29, 0.717) is 55.8 Å². The Kier molecular flexibility index (Phi) is 6.89. The third-order valence-electron chi connectivity index (χ3n) is 5.28. The summed E-state index contributed by atoms with van der Waals surface area (Å²) in [6.07, 6.45) is 1.57. The van der Waals surface area contributed by atoms with Gasteiger partial charge in [0.05, 0.1) is 47.2 Å². The number of nitrogens with zero attached hydrogens (tertiary/aromatic N) is 3. The Morgan fingerprint density at radius 2 is 2.06 bits per heavy atom. The average molecular weight is 479 g/mol. The molecule has 0 spiro atoms. The van der Waals surface area contributed by atoms with Crippen molar-refractivity contribution in [2.75, 3.05) is 26.3 Å². The summed E-state index contributed by atoms with van der Waals surface area (Å²) in [7, 11) is -3.60. The van der Waals surface area contributed by atoms with E-state index >= 15 is 0 Å². The van der Waals surface area contributed by atoms with E-state index in [0.717, 1.165) is 5.52 Å². The molecular formula is C21H26N4O5S2. The summed E-state index contributed by atoms with van der Waals surface area (Å²) in [6.45, 7) is 6.25. The summed E-state index contributed by atoms with van der Waals surface area (Å²) < 4.78 is 39.9. The minimum atomic E-state index is -3.60. The molecule has 1 aliphatic heterocycles. The number of benzene rings is 1. The number of rotatable bonds is 8. The molecule has 0 aliphatic carbocycles. The molecule has 1 N–H and O–H groups in total. The van der Waals surface area contributed by atoms with Gasteiger partial charge in [0, 0.05) is 19.6 Å². The molecule has 172 valence electrons. The summed E-state index contributed by atoms with van der Waals surface area (Å²) in [5.74, 6) is 0.557. The molecule has 1 saturated heterocycles. The largest absolute Gasteiger partial charge is 0.467 e. The van der Waals surface area contributed by atoms with E-state index in [-0.39, 0.29) is 16.1 Å². The third-order valence-corrected chi connectivity index (χ3v) is 8.26. The molecule has 4 rings (SSSR count). The Morgan fingerprint density at radius 1 is 1.28 bits per heavy atom. The number of hydrogen-bond donors (Lipinski definition) is 1. The maximum Gasteiger partial charge on any atom is 0.243 e. The Labute approximate surface area is 191 Å². The number of furan rings is 1. The van der Waals surface area contributed by atoms with E-state index in [1.54, 1.807) is 36.6 Å². The minimum Gasteiger partial charge on any atom is -0.467 e. The molecule has 3 heterocycles. The molecule has 0 radical (unpaired) electrons. The molecular weight excluding hydrogens is 452 g/mol. The van der Waals surface area contributed by atoms with Crippen LogP contribution in [0.5, 0.6) is 0 Å². The van der Waals surface area contributed by atoms with Crippen LogP contribution in [0.1, 0.15) is 19.6 Å². The highest BCUT2D eigenvalue weighted by atomic mass is 32.2. The van der Waals surface area contributed by atoms with Gasteiger partial charge in [-0.05, 0) is 44.2 Å². The van der Waals surface area contributed by atoms with Gasteiger partial charge in [-0.2, -0.15) is 4.31 Å². The van der Waals surface area contributed by atoms with Crippen LogP contribution in [0.3, 0.4) is 0 Å². The quantitative estimate of drug-likeness (QED) is 0.496. The van der Waals surface area contributed by atoms with Crippen LogP contribution < -0.4 is 5.32 Å². The number of ether oxygens (including phenoxy) is 1. The molecule has 1 amide bonds. The van der Waals surface area contributed by atoms with Crippen LogP contribution in [-0.2, 0) is 32.6 Å². The van der Waals surface area contributed by atoms with Crippen molar-refractivity contribution < 1.29 is 22.4 Å². The van der Waals surface area contributed by atoms with Crippen LogP contribution >= 0.6 is 11.8 Å². The van der Waals surface area contributed by atoms with E-state index in [4.69, 9.17) is 9.15 Å². The predicted molar refractivity (Wildman–Crippen MR) is 121 cm³/mol. The molecule has 1 fully saturated rings. The number of fused-ring (bicyclic) bond motifs is 1. The number of imidazole rings is 1. The Hall–Kier alpha value is -2.34. The van der Waals surface area contributed by atoms with Crippen molar-refractivity contribution in [1.29, 1.82) is 0 Å². The average Bonchev–Trinajstić information content (AvgIpc) is 3.44. The van der Waals surface area contributed by atoms with Crippen molar-refractivity contribution >= 4 is 38.7 Å². The van der Waals surface area contributed by atoms with E-state index < -0.39 is 10.0 Å². The second-order valence-electron chi connectivity index (χ2n) is 7.36. The summed E-state index contributed by atoms with van der Waals surface area (Å²) in [5, 5.41) is 3.14. The van der Waals surface area contributed by atoms with Crippen LogP contribution in [0.4, 0.5) is 0 Å². The van der Waals surface area contributed by atoms with E-state index in [9.17, 15) is 13.2 Å². The fraction of sp³-hybridized carbons (Fsp3) is 0.429. The molecule has 1 aromatic carbocycles. The number of aromatic nitrogens is 2. The van der Waals surface area contributed by atoms with Gasteiger partial charge < -0.3 is 19.0 Å². The molecule has 1 aliphatic rings. The van der Waals surface area contributed by atoms with Gasteiger partial charge in [-0.15, -0.1) is 0 Å². The first-order valence-corrected chi connectivity index (χ1v) is 12.8. The van der Waals surface area contributed by atoms with Crippen LogP contribution in [0.2, 0.25) is 0 Å². The first kappa shape index (κ1) is 22.8. The minimum absolute atomic E-state index is 0.128. The van der Waals surface area contributed by atoms with Crippen molar-refractivity contribution in [3.05, 3.63) is 42.4 Å². The molecule has 0 saturated carbocycles. The molecule has 9 nitrogen and oxygen atoms in total. The summed E-state index contributed by atoms with van der Waals surface area (Å²) >= 11 is 1.34. The topological polar surface area (TPSA) is 107 Å². The molecule has 0 bridgehead atoms. The molecule has 2 aromatic heterocycles. The highest BCUT2D eigenvalue weighted by molar-refractivity contribution is 8.00. The molecule has 1 atom stereocenters. The number of amides is 1. The number of hydrogen-bond acceptors (Lipinski definition) is 7. The fourth-order valence-corrected chi connectivity index (χ4v) is 5.96. The molecule has 1 unspecified atom stereocenters. The van der Waals surface area contributed by atoms with Gasteiger partial charge >= 0.3 is 0 Å². The fourth-order valence-electron chi connectivity index (χ4n) is 3.52. The van der Waals surface area contributed by atoms with E-state index in [1.165, 1.54) is 16.1 Å². The second-order valence-corrected chi connectivity index (χ2v) is 10.6. The van der Waals surface area contributed by atoms with Gasteiger partial charge in [0.15, 0.2) is 5.16 Å². The molecule has 32 heavy (non-hydrogen) atoms. The smallest absolute Gasteiger partial charge is 0.243 e. The standard InChI is InChI=1S/C21H26N4O5S2/c1-3-25-19-7-6-17(32(27,28)24-8-11-29-12-9-24)13-18(19)23-21(25)31-15(2)20(26)22-14-16-5-4-10-30-16/h4-7,10,13,15H,3,8-9,11-12,14H2,1-2H3,(H,22,26). The second kappa shape index (κ2) is 9.65. The van der Waals surface area contributed by atoms with Gasteiger partial charge in [-0.1, -0.05) is 11.8 Å². The number of carbonyl (C=O) groups is 1. The Balaban J connectivity index is 1.53. The van der Waals surface area contributed by atoms with E-state index in [1.807, 2.05) is 18.4 Å². The highest BCUT2D eigenvalue weighted by Gasteiger charge is 2.27. The summed E-state index contributed by atoms with van der Waals surface area (Å²) in [5.41, 5.74) is 1.42. The lowest BCUT2D eigenvalue weighted by atomic mass is 10.3. The third kappa shape index (κ3) is 4.70. The van der Waals surface area contributed by atoms with Crippen LogP contribution in [0.15, 0.2) is 51.1 Å². The van der Waals surface area contributed by atoms with Crippen LogP contribution in [0.25, 0.3) is 11.0 Å². The monoisotopic (exact) mass is 478 g/mol. The zero-order valence-corrected chi connectivity index (χ0v) is 19.6. The van der Waals surface area contributed by atoms with E-state index in [2.05, 4.69) is 10.3 Å². The van der Waals surface area contributed by atoms with Crippen LogP contribution in [0, 0.1) is 0 Å². The summed E-state index contributed by atoms with van der Waals surface area (Å²) in [6, 6.07) is 8.59. The van der Waals surface area contributed by atoms with Gasteiger partial charge in [-0.25, -0.2) is 13.4 Å². The molecule has 11 heteroatoms. The van der Waals surface area contributed by atoms with Gasteiger partial charge in [0.1, 0.15) is 5.76 Å². The SMILES string of the molecule is CCn1c(SC(C)C(=O)NCc2ccco2)nc2cc(S(=O)(=O)N3CCOCC3)ccc21. The highest BCUT2D eigenvalue weighted by Crippen LogP contribution is 2.29. The lowest BCUT2D eigenvalue weighted by Gasteiger charge is -2.26. The van der Waals surface area contributed by atoms with Crippen LogP contribution in [-0.4, -0.2) is 59.7 Å². The summed E-state index contributed by atoms with van der Waals surface area (Å²) in [4.78, 5) is 17.4. The zero-order chi connectivity index (χ0) is 22.7. The lowest BCUT2D eigenvalue weighted by Crippen LogP contribution is -2.40. The predicted octanol–water partition coefficient (Wildman–Crippen LogP) is 2.47. The van der Waals surface area contributed by atoms with Gasteiger partial charge in [0.25, 0.3) is 0 Å². The first-order valence-electron chi connectivity index (χ1n) is 10.4. The number of nitrogens with one attached hydrogen (secondary N) is 1. The Morgan fingerprint density at radius 3 is 2.75 bits per heavy atom. The van der Waals surface area contributed by atoms with Crippen molar-refractivity contribution in [3.63, 3.8) is 0 Å². The molecule has 3 aromatic rings. The number of sulfonamides is 1. The Bertz CT molecular complexity index is 1180. The van der Waals surface area contributed by atoms with Crippen molar-refractivity contribution in [3.8, 4) is 0 Å². The van der Waals surface area contributed by atoms with Gasteiger partial charge in [0.2, 0.25) is 15.9 Å². The normalized spacial score (nSPS) is 16.3. The first-order chi connectivity index (χ1) is 15.4.